The van der Waals surface area contributed by atoms with Crippen LogP contribution in [0.25, 0.3) is 10.9 Å². The largest absolute Gasteiger partial charge is 0.280 e. The van der Waals surface area contributed by atoms with Crippen LogP contribution in [0.4, 0.5) is 17.6 Å². The van der Waals surface area contributed by atoms with Crippen LogP contribution in [0.15, 0.2) is 18.2 Å². The number of alkyl halides is 2. The van der Waals surface area contributed by atoms with Gasteiger partial charge in [0.15, 0.2) is 11.6 Å². The molecule has 0 spiro atoms. The zero-order valence-electron chi connectivity index (χ0n) is 7.65. The maximum Gasteiger partial charge on any atom is 0.280 e. The lowest BCUT2D eigenvalue weighted by molar-refractivity contribution is 0.146. The first kappa shape index (κ1) is 11.1. The summed E-state index contributed by atoms with van der Waals surface area (Å²) in [5.41, 5.74) is -0.662. The van der Waals surface area contributed by atoms with Gasteiger partial charge in [0, 0.05) is 11.5 Å². The molecule has 1 aromatic carbocycles. The van der Waals surface area contributed by atoms with E-state index in [1.54, 1.807) is 0 Å². The predicted molar refractivity (Wildman–Crippen MR) is 51.6 cm³/mol. The van der Waals surface area contributed by atoms with Crippen molar-refractivity contribution in [2.24, 2.45) is 0 Å². The molecule has 16 heavy (non-hydrogen) atoms. The highest BCUT2D eigenvalue weighted by molar-refractivity contribution is 6.35. The van der Waals surface area contributed by atoms with Gasteiger partial charge < -0.3 is 0 Å². The van der Waals surface area contributed by atoms with Gasteiger partial charge in [-0.25, -0.2) is 22.5 Å². The number of pyridine rings is 1. The monoisotopic (exact) mass is 249 g/mol. The summed E-state index contributed by atoms with van der Waals surface area (Å²) in [6, 6.07) is 2.50. The van der Waals surface area contributed by atoms with Crippen LogP contribution in [-0.4, -0.2) is 4.98 Å². The van der Waals surface area contributed by atoms with Gasteiger partial charge in [0.05, 0.1) is 10.5 Å². The molecule has 0 unspecified atom stereocenters. The molecule has 0 aliphatic heterocycles. The topological polar surface area (TPSA) is 12.9 Å². The van der Waals surface area contributed by atoms with Gasteiger partial charge in [-0.05, 0) is 12.1 Å². The standard InChI is InChI=1S/C10H4ClF4N/c11-5-2-9(10(14)15)16-8-3-7(13)6(12)1-4(5)8/h1-3,10H. The van der Waals surface area contributed by atoms with Crippen molar-refractivity contribution in [3.8, 4) is 0 Å². The van der Waals surface area contributed by atoms with E-state index in [0.717, 1.165) is 18.2 Å². The minimum absolute atomic E-state index is 0.0841. The fourth-order valence-corrected chi connectivity index (χ4v) is 1.57. The van der Waals surface area contributed by atoms with Gasteiger partial charge in [-0.1, -0.05) is 11.6 Å². The van der Waals surface area contributed by atoms with E-state index in [1.165, 1.54) is 0 Å². The first-order valence-corrected chi connectivity index (χ1v) is 4.60. The highest BCUT2D eigenvalue weighted by atomic mass is 35.5. The Hall–Kier alpha value is -1.36. The van der Waals surface area contributed by atoms with E-state index in [-0.39, 0.29) is 15.9 Å². The molecule has 0 aliphatic carbocycles. The molecule has 0 fully saturated rings. The highest BCUT2D eigenvalue weighted by Crippen LogP contribution is 2.28. The minimum atomic E-state index is -2.81. The van der Waals surface area contributed by atoms with Crippen molar-refractivity contribution in [3.05, 3.63) is 40.6 Å². The van der Waals surface area contributed by atoms with Crippen LogP contribution in [0, 0.1) is 11.6 Å². The average Bonchev–Trinajstić information content (AvgIpc) is 2.20. The molecule has 1 aromatic heterocycles. The molecule has 0 saturated carbocycles. The van der Waals surface area contributed by atoms with E-state index in [9.17, 15) is 17.6 Å². The molecule has 0 radical (unpaired) electrons. The summed E-state index contributed by atoms with van der Waals surface area (Å²) in [4.78, 5) is 3.50. The van der Waals surface area contributed by atoms with E-state index in [4.69, 9.17) is 11.6 Å². The first-order chi connectivity index (χ1) is 7.49. The summed E-state index contributed by atoms with van der Waals surface area (Å²) in [7, 11) is 0. The van der Waals surface area contributed by atoms with Crippen LogP contribution in [-0.2, 0) is 0 Å². The van der Waals surface area contributed by atoms with E-state index < -0.39 is 23.8 Å². The molecule has 6 heteroatoms. The quantitative estimate of drug-likeness (QED) is 0.693. The van der Waals surface area contributed by atoms with Crippen molar-refractivity contribution >= 4 is 22.5 Å². The Balaban J connectivity index is 2.77. The van der Waals surface area contributed by atoms with Gasteiger partial charge >= 0.3 is 0 Å². The fraction of sp³-hybridized carbons (Fsp3) is 0.100. The molecule has 0 amide bonds. The van der Waals surface area contributed by atoms with Gasteiger partial charge in [-0.2, -0.15) is 0 Å². The molecule has 1 heterocycles. The summed E-state index contributed by atoms with van der Waals surface area (Å²) in [5.74, 6) is -2.25. The summed E-state index contributed by atoms with van der Waals surface area (Å²) in [6.07, 6.45) is -2.81. The van der Waals surface area contributed by atoms with Crippen LogP contribution in [0.3, 0.4) is 0 Å². The Labute approximate surface area is 92.7 Å². The maximum absolute atomic E-state index is 12.9. The van der Waals surface area contributed by atoms with Crippen molar-refractivity contribution in [1.29, 1.82) is 0 Å². The molecule has 0 saturated heterocycles. The number of rotatable bonds is 1. The van der Waals surface area contributed by atoms with Gasteiger partial charge in [0.25, 0.3) is 6.43 Å². The lowest BCUT2D eigenvalue weighted by Gasteiger charge is -2.05. The predicted octanol–water partition coefficient (Wildman–Crippen LogP) is 4.10. The van der Waals surface area contributed by atoms with E-state index >= 15 is 0 Å². The minimum Gasteiger partial charge on any atom is -0.247 e. The molecule has 0 aliphatic rings. The molecular weight excluding hydrogens is 246 g/mol. The lowest BCUT2D eigenvalue weighted by atomic mass is 10.2. The maximum atomic E-state index is 12.9. The third-order valence-corrected chi connectivity index (χ3v) is 2.36. The normalized spacial score (nSPS) is 11.4. The van der Waals surface area contributed by atoms with E-state index in [1.807, 2.05) is 0 Å². The summed E-state index contributed by atoms with van der Waals surface area (Å²) in [5, 5.41) is 0.0177. The first-order valence-electron chi connectivity index (χ1n) is 4.22. The van der Waals surface area contributed by atoms with E-state index in [2.05, 4.69) is 4.98 Å². The van der Waals surface area contributed by atoms with Crippen LogP contribution in [0.1, 0.15) is 12.1 Å². The molecule has 2 aromatic rings. The van der Waals surface area contributed by atoms with Crippen LogP contribution in [0.5, 0.6) is 0 Å². The summed E-state index contributed by atoms with van der Waals surface area (Å²) in [6.45, 7) is 0. The van der Waals surface area contributed by atoms with Crippen molar-refractivity contribution in [3.63, 3.8) is 0 Å². The smallest absolute Gasteiger partial charge is 0.247 e. The molecule has 0 N–H and O–H groups in total. The van der Waals surface area contributed by atoms with Crippen molar-refractivity contribution < 1.29 is 17.6 Å². The SMILES string of the molecule is Fc1cc2nc(C(F)F)cc(Cl)c2cc1F. The summed E-state index contributed by atoms with van der Waals surface area (Å²) < 4.78 is 50.5. The van der Waals surface area contributed by atoms with Crippen LogP contribution >= 0.6 is 11.6 Å². The second-order valence-corrected chi connectivity index (χ2v) is 3.52. The number of aromatic nitrogens is 1. The average molecular weight is 250 g/mol. The highest BCUT2D eigenvalue weighted by Gasteiger charge is 2.14. The van der Waals surface area contributed by atoms with E-state index in [0.29, 0.717) is 0 Å². The lowest BCUT2D eigenvalue weighted by Crippen LogP contribution is -1.94. The molecule has 0 bridgehead atoms. The van der Waals surface area contributed by atoms with Crippen molar-refractivity contribution in [1.82, 2.24) is 4.98 Å². The van der Waals surface area contributed by atoms with Crippen molar-refractivity contribution in [2.75, 3.05) is 0 Å². The third-order valence-electron chi connectivity index (χ3n) is 2.04. The Bertz CT molecular complexity index is 556. The molecule has 0 atom stereocenters. The third kappa shape index (κ3) is 1.82. The number of halogens is 5. The number of hydrogen-bond donors (Lipinski definition) is 0. The molecule has 1 nitrogen and oxygen atoms in total. The number of hydrogen-bond acceptors (Lipinski definition) is 1. The summed E-state index contributed by atoms with van der Waals surface area (Å²) >= 11 is 5.67. The van der Waals surface area contributed by atoms with Gasteiger partial charge in [0.1, 0.15) is 5.69 Å². The second-order valence-electron chi connectivity index (χ2n) is 3.11. The van der Waals surface area contributed by atoms with Gasteiger partial charge in [-0.3, -0.25) is 0 Å². The fourth-order valence-electron chi connectivity index (χ4n) is 1.31. The molecular formula is C10H4ClF4N. The number of benzene rings is 1. The van der Waals surface area contributed by atoms with Crippen LogP contribution < -0.4 is 0 Å². The molecule has 2 rings (SSSR count). The second kappa shape index (κ2) is 3.90. The number of fused-ring (bicyclic) bond motifs is 1. The Morgan fingerprint density at radius 2 is 1.69 bits per heavy atom. The Kier molecular flexibility index (Phi) is 2.71. The van der Waals surface area contributed by atoms with Gasteiger partial charge in [-0.15, -0.1) is 0 Å². The Morgan fingerprint density at radius 3 is 2.31 bits per heavy atom. The number of nitrogens with zero attached hydrogens (tertiary/aromatic N) is 1. The zero-order chi connectivity index (χ0) is 11.9. The molecule has 84 valence electrons. The van der Waals surface area contributed by atoms with Gasteiger partial charge in [0.2, 0.25) is 0 Å². The van der Waals surface area contributed by atoms with Crippen LogP contribution in [0.2, 0.25) is 5.02 Å². The zero-order valence-corrected chi connectivity index (χ0v) is 8.40. The Morgan fingerprint density at radius 1 is 1.06 bits per heavy atom. The van der Waals surface area contributed by atoms with Crippen molar-refractivity contribution in [2.45, 2.75) is 6.43 Å².